The summed E-state index contributed by atoms with van der Waals surface area (Å²) in [7, 11) is 1.84. The van der Waals surface area contributed by atoms with Crippen molar-refractivity contribution in [3.63, 3.8) is 0 Å². The van der Waals surface area contributed by atoms with Crippen LogP contribution in [0.5, 0.6) is 0 Å². The highest BCUT2D eigenvalue weighted by Gasteiger charge is 2.25. The summed E-state index contributed by atoms with van der Waals surface area (Å²) in [5, 5.41) is 5.75. The first-order chi connectivity index (χ1) is 13.6. The monoisotopic (exact) mass is 378 g/mol. The number of benzene rings is 2. The van der Waals surface area contributed by atoms with Crippen molar-refractivity contribution in [3.05, 3.63) is 59.7 Å². The van der Waals surface area contributed by atoms with E-state index < -0.39 is 0 Å². The Morgan fingerprint density at radius 1 is 1.25 bits per heavy atom. The second kappa shape index (κ2) is 8.02. The number of carbonyl (C=O) groups is 2. The van der Waals surface area contributed by atoms with Crippen molar-refractivity contribution < 1.29 is 9.59 Å². The third-order valence-electron chi connectivity index (χ3n) is 5.48. The van der Waals surface area contributed by atoms with E-state index in [0.29, 0.717) is 12.3 Å². The summed E-state index contributed by atoms with van der Waals surface area (Å²) >= 11 is 0. The van der Waals surface area contributed by atoms with Gasteiger partial charge in [0, 0.05) is 38.1 Å². The van der Waals surface area contributed by atoms with Gasteiger partial charge in [0.15, 0.2) is 0 Å². The van der Waals surface area contributed by atoms with Gasteiger partial charge in [0.25, 0.3) is 0 Å². The molecule has 146 valence electrons. The van der Waals surface area contributed by atoms with Gasteiger partial charge in [0.1, 0.15) is 0 Å². The summed E-state index contributed by atoms with van der Waals surface area (Å²) in [6.07, 6.45) is 1.48. The van der Waals surface area contributed by atoms with Gasteiger partial charge in [-0.05, 0) is 48.2 Å². The lowest BCUT2D eigenvalue weighted by molar-refractivity contribution is -0.115. The maximum atomic E-state index is 12.6. The fourth-order valence-corrected chi connectivity index (χ4v) is 4.04. The summed E-state index contributed by atoms with van der Waals surface area (Å²) in [4.78, 5) is 28.2. The number of hydrogen-bond donors (Lipinski definition) is 2. The van der Waals surface area contributed by atoms with E-state index in [1.807, 2.05) is 31.3 Å². The molecule has 2 aromatic rings. The van der Waals surface area contributed by atoms with Crippen molar-refractivity contribution in [1.82, 2.24) is 9.80 Å². The topological polar surface area (TPSA) is 64.7 Å². The predicted molar refractivity (Wildman–Crippen MR) is 110 cm³/mol. The number of nitrogens with zero attached hydrogens (tertiary/aromatic N) is 2. The van der Waals surface area contributed by atoms with Crippen molar-refractivity contribution in [2.45, 2.75) is 19.4 Å². The molecule has 6 heteroatoms. The molecule has 0 bridgehead atoms. The Kier molecular flexibility index (Phi) is 5.30. The largest absolute Gasteiger partial charge is 0.327 e. The van der Waals surface area contributed by atoms with Gasteiger partial charge in [-0.3, -0.25) is 9.69 Å². The van der Waals surface area contributed by atoms with Crippen LogP contribution in [-0.4, -0.2) is 48.4 Å². The van der Waals surface area contributed by atoms with E-state index in [9.17, 15) is 9.59 Å². The standard InChI is InChI=1S/C22H26N4O2/c1-25(13-17-9-10-26(15-17)14-16-5-3-2-4-6-16)22(28)23-19-7-8-20-18(11-19)12-21(27)24-20/h2-8,11,17H,9-10,12-15H2,1H3,(H,23,28)(H,24,27)/t17-/m0/s1. The molecule has 2 aliphatic rings. The van der Waals surface area contributed by atoms with Crippen LogP contribution in [0.4, 0.5) is 16.2 Å². The Bertz CT molecular complexity index is 868. The molecule has 28 heavy (non-hydrogen) atoms. The molecule has 0 saturated carbocycles. The van der Waals surface area contributed by atoms with Gasteiger partial charge in [-0.2, -0.15) is 0 Å². The molecular formula is C22H26N4O2. The normalized spacial score (nSPS) is 18.6. The molecule has 2 aliphatic heterocycles. The van der Waals surface area contributed by atoms with Gasteiger partial charge < -0.3 is 15.5 Å². The molecule has 2 heterocycles. The van der Waals surface area contributed by atoms with Gasteiger partial charge in [0.2, 0.25) is 5.91 Å². The number of likely N-dealkylation sites (tertiary alicyclic amines) is 1. The fourth-order valence-electron chi connectivity index (χ4n) is 4.04. The SMILES string of the molecule is CN(C[C@@H]1CCN(Cc2ccccc2)C1)C(=O)Nc1ccc2c(c1)CC(=O)N2. The molecule has 1 saturated heterocycles. The zero-order valence-corrected chi connectivity index (χ0v) is 16.1. The molecule has 0 aliphatic carbocycles. The zero-order valence-electron chi connectivity index (χ0n) is 16.1. The third-order valence-corrected chi connectivity index (χ3v) is 5.48. The number of urea groups is 1. The van der Waals surface area contributed by atoms with Gasteiger partial charge in [-0.25, -0.2) is 4.79 Å². The molecular weight excluding hydrogens is 352 g/mol. The van der Waals surface area contributed by atoms with E-state index in [0.717, 1.165) is 49.5 Å². The summed E-state index contributed by atoms with van der Waals surface area (Å²) in [5.41, 5.74) is 3.82. The number of rotatable bonds is 5. The number of fused-ring (bicyclic) bond motifs is 1. The maximum Gasteiger partial charge on any atom is 0.321 e. The minimum atomic E-state index is -0.112. The molecule has 1 atom stereocenters. The van der Waals surface area contributed by atoms with Gasteiger partial charge >= 0.3 is 6.03 Å². The van der Waals surface area contributed by atoms with E-state index in [4.69, 9.17) is 0 Å². The summed E-state index contributed by atoms with van der Waals surface area (Å²) in [5.74, 6) is 0.484. The molecule has 0 spiro atoms. The minimum absolute atomic E-state index is 0.00288. The van der Waals surface area contributed by atoms with E-state index in [1.165, 1.54) is 5.56 Å². The first-order valence-electron chi connectivity index (χ1n) is 9.78. The van der Waals surface area contributed by atoms with Crippen LogP contribution >= 0.6 is 0 Å². The molecule has 0 unspecified atom stereocenters. The number of carbonyl (C=O) groups excluding carboxylic acids is 2. The Balaban J connectivity index is 1.27. The molecule has 6 nitrogen and oxygen atoms in total. The zero-order chi connectivity index (χ0) is 19.5. The fraction of sp³-hybridized carbons (Fsp3) is 0.364. The lowest BCUT2D eigenvalue weighted by Gasteiger charge is -2.22. The quantitative estimate of drug-likeness (QED) is 0.840. The van der Waals surface area contributed by atoms with Gasteiger partial charge in [-0.15, -0.1) is 0 Å². The van der Waals surface area contributed by atoms with Crippen LogP contribution in [0.3, 0.4) is 0 Å². The van der Waals surface area contributed by atoms with E-state index in [2.05, 4.69) is 39.8 Å². The lowest BCUT2D eigenvalue weighted by Crippen LogP contribution is -2.36. The van der Waals surface area contributed by atoms with Crippen LogP contribution in [0.1, 0.15) is 17.5 Å². The molecule has 2 N–H and O–H groups in total. The van der Waals surface area contributed by atoms with Gasteiger partial charge in [-0.1, -0.05) is 30.3 Å². The molecule has 1 fully saturated rings. The summed E-state index contributed by atoms with van der Waals surface area (Å²) in [6, 6.07) is 15.9. The van der Waals surface area contributed by atoms with Crippen LogP contribution in [0.25, 0.3) is 0 Å². The molecule has 4 rings (SSSR count). The van der Waals surface area contributed by atoms with Crippen molar-refractivity contribution >= 4 is 23.3 Å². The second-order valence-corrected chi connectivity index (χ2v) is 7.78. The third kappa shape index (κ3) is 4.34. The maximum absolute atomic E-state index is 12.6. The van der Waals surface area contributed by atoms with Crippen molar-refractivity contribution in [3.8, 4) is 0 Å². The minimum Gasteiger partial charge on any atom is -0.327 e. The Morgan fingerprint density at radius 3 is 2.89 bits per heavy atom. The van der Waals surface area contributed by atoms with E-state index in [-0.39, 0.29) is 11.9 Å². The van der Waals surface area contributed by atoms with Gasteiger partial charge in [0.05, 0.1) is 6.42 Å². The average Bonchev–Trinajstić information content (AvgIpc) is 3.27. The van der Waals surface area contributed by atoms with E-state index in [1.54, 1.807) is 4.90 Å². The lowest BCUT2D eigenvalue weighted by atomic mass is 10.1. The van der Waals surface area contributed by atoms with Crippen LogP contribution in [0.2, 0.25) is 0 Å². The molecule has 0 radical (unpaired) electrons. The summed E-state index contributed by atoms with van der Waals surface area (Å²) < 4.78 is 0. The first kappa shape index (κ1) is 18.5. The number of nitrogens with one attached hydrogen (secondary N) is 2. The van der Waals surface area contributed by atoms with Crippen LogP contribution in [0.15, 0.2) is 48.5 Å². The average molecular weight is 378 g/mol. The van der Waals surface area contributed by atoms with Crippen LogP contribution in [-0.2, 0) is 17.8 Å². The van der Waals surface area contributed by atoms with E-state index >= 15 is 0 Å². The molecule has 3 amide bonds. The van der Waals surface area contributed by atoms with Crippen LogP contribution in [0, 0.1) is 5.92 Å². The molecule has 0 aromatic heterocycles. The highest BCUT2D eigenvalue weighted by atomic mass is 16.2. The Hall–Kier alpha value is -2.86. The molecule has 2 aromatic carbocycles. The summed E-state index contributed by atoms with van der Waals surface area (Å²) in [6.45, 7) is 3.79. The number of amides is 3. The number of anilines is 2. The van der Waals surface area contributed by atoms with Crippen molar-refractivity contribution in [1.29, 1.82) is 0 Å². The predicted octanol–water partition coefficient (Wildman–Crippen LogP) is 3.17. The van der Waals surface area contributed by atoms with Crippen molar-refractivity contribution in [2.75, 3.05) is 37.3 Å². The first-order valence-corrected chi connectivity index (χ1v) is 9.78. The second-order valence-electron chi connectivity index (χ2n) is 7.78. The highest BCUT2D eigenvalue weighted by molar-refractivity contribution is 6.00. The number of hydrogen-bond acceptors (Lipinski definition) is 3. The van der Waals surface area contributed by atoms with Crippen molar-refractivity contribution in [2.24, 2.45) is 5.92 Å². The smallest absolute Gasteiger partial charge is 0.321 e. The Morgan fingerprint density at radius 2 is 2.07 bits per heavy atom. The van der Waals surface area contributed by atoms with Crippen LogP contribution < -0.4 is 10.6 Å². The highest BCUT2D eigenvalue weighted by Crippen LogP contribution is 2.26. The Labute approximate surface area is 165 Å².